The predicted molar refractivity (Wildman–Crippen MR) is 98.2 cm³/mol. The number of ether oxygens (including phenoxy) is 1. The summed E-state index contributed by atoms with van der Waals surface area (Å²) >= 11 is 0. The summed E-state index contributed by atoms with van der Waals surface area (Å²) in [6, 6.07) is 6.16. The van der Waals surface area contributed by atoms with Gasteiger partial charge in [-0.05, 0) is 42.7 Å². The zero-order valence-corrected chi connectivity index (χ0v) is 15.8. The number of tetrazole rings is 1. The molecular weight excluding hydrogens is 395 g/mol. The van der Waals surface area contributed by atoms with Gasteiger partial charge in [0.15, 0.2) is 17.3 Å². The van der Waals surface area contributed by atoms with Crippen LogP contribution in [0.1, 0.15) is 30.5 Å². The lowest BCUT2D eigenvalue weighted by molar-refractivity contribution is 0.0719. The first-order chi connectivity index (χ1) is 14.7. The zero-order chi connectivity index (χ0) is 20.9. The number of nitrogens with zero attached hydrogens (tertiary/aromatic N) is 7. The van der Waals surface area contributed by atoms with E-state index >= 15 is 0 Å². The molecule has 0 atom stereocenters. The first kappa shape index (κ1) is 19.3. The molecule has 0 aliphatic carbocycles. The smallest absolute Gasteiger partial charge is 0.435 e. The number of likely N-dealkylation sites (tertiary alicyclic amines) is 1. The second-order valence-corrected chi connectivity index (χ2v) is 6.58. The fraction of sp³-hybridized carbons (Fsp3) is 0.333. The monoisotopic (exact) mass is 412 g/mol. The van der Waals surface area contributed by atoms with Crippen LogP contribution in [0.15, 0.2) is 24.4 Å². The number of rotatable bonds is 5. The number of nitriles is 1. The van der Waals surface area contributed by atoms with Crippen LogP contribution in [0.5, 0.6) is 5.75 Å². The average Bonchev–Trinajstić information content (AvgIpc) is 3.43. The van der Waals surface area contributed by atoms with E-state index in [1.165, 1.54) is 18.3 Å². The van der Waals surface area contributed by atoms with Gasteiger partial charge in [-0.3, -0.25) is 4.84 Å². The van der Waals surface area contributed by atoms with E-state index in [1.54, 1.807) is 11.0 Å². The van der Waals surface area contributed by atoms with E-state index in [0.29, 0.717) is 24.2 Å². The van der Waals surface area contributed by atoms with Crippen LogP contribution >= 0.6 is 0 Å². The van der Waals surface area contributed by atoms with Crippen molar-refractivity contribution in [2.45, 2.75) is 25.9 Å². The number of aromatic nitrogens is 6. The molecule has 1 fully saturated rings. The molecule has 0 saturated carbocycles. The van der Waals surface area contributed by atoms with Gasteiger partial charge in [0.2, 0.25) is 5.82 Å². The Labute approximate surface area is 170 Å². The van der Waals surface area contributed by atoms with Gasteiger partial charge in [-0.2, -0.15) is 10.5 Å². The number of amides is 1. The Morgan fingerprint density at radius 1 is 1.30 bits per heavy atom. The number of benzene rings is 1. The Morgan fingerprint density at radius 2 is 2.13 bits per heavy atom. The van der Waals surface area contributed by atoms with E-state index in [0.717, 1.165) is 24.1 Å². The van der Waals surface area contributed by atoms with Crippen molar-refractivity contribution in [2.24, 2.45) is 0 Å². The van der Waals surface area contributed by atoms with Crippen molar-refractivity contribution in [1.29, 1.82) is 5.26 Å². The summed E-state index contributed by atoms with van der Waals surface area (Å²) in [6.45, 7) is 1.08. The van der Waals surface area contributed by atoms with Gasteiger partial charge in [0, 0.05) is 24.2 Å². The van der Waals surface area contributed by atoms with Gasteiger partial charge < -0.3 is 9.64 Å². The molecule has 4 rings (SSSR count). The van der Waals surface area contributed by atoms with Gasteiger partial charge in [0.25, 0.3) is 0 Å². The SMILES string of the molecule is N#Cc1c(COc2ccc(-c3nn[nH]n3)cc2F)cnn1OC(=O)N1CCCCC1. The maximum absolute atomic E-state index is 14.3. The number of hydrogen-bond donors (Lipinski definition) is 1. The minimum atomic E-state index is -0.625. The average molecular weight is 412 g/mol. The Morgan fingerprint density at radius 3 is 2.83 bits per heavy atom. The van der Waals surface area contributed by atoms with E-state index in [1.807, 2.05) is 6.07 Å². The first-order valence-corrected chi connectivity index (χ1v) is 9.26. The fourth-order valence-electron chi connectivity index (χ4n) is 3.06. The molecule has 0 spiro atoms. The van der Waals surface area contributed by atoms with Gasteiger partial charge in [0.1, 0.15) is 12.7 Å². The minimum Gasteiger partial charge on any atom is -0.486 e. The second kappa shape index (κ2) is 8.56. The molecule has 1 aliphatic heterocycles. The van der Waals surface area contributed by atoms with Crippen molar-refractivity contribution in [3.63, 3.8) is 0 Å². The van der Waals surface area contributed by atoms with Crippen LogP contribution in [0, 0.1) is 17.1 Å². The summed E-state index contributed by atoms with van der Waals surface area (Å²) in [5.41, 5.74) is 0.790. The Hall–Kier alpha value is -4.01. The summed E-state index contributed by atoms with van der Waals surface area (Å²) in [5, 5.41) is 26.7. The molecule has 1 aromatic carbocycles. The zero-order valence-electron chi connectivity index (χ0n) is 15.8. The molecule has 30 heavy (non-hydrogen) atoms. The van der Waals surface area contributed by atoms with Gasteiger partial charge >= 0.3 is 6.09 Å². The highest BCUT2D eigenvalue weighted by Gasteiger charge is 2.22. The molecule has 0 radical (unpaired) electrons. The van der Waals surface area contributed by atoms with Crippen molar-refractivity contribution in [3.05, 3.63) is 41.5 Å². The van der Waals surface area contributed by atoms with E-state index in [9.17, 15) is 14.4 Å². The molecule has 1 aliphatic rings. The standard InChI is InChI=1S/C18H17FN8O3/c19-14-8-12(17-22-24-25-23-17)4-5-16(14)29-11-13-10-21-27(15(13)9-20)30-18(28)26-6-2-1-3-7-26/h4-5,8,10H,1-3,6-7,11H2,(H,22,23,24,25). The van der Waals surface area contributed by atoms with Gasteiger partial charge in [-0.25, -0.2) is 9.18 Å². The molecule has 2 aromatic heterocycles. The largest absolute Gasteiger partial charge is 0.486 e. The first-order valence-electron chi connectivity index (χ1n) is 9.26. The van der Waals surface area contributed by atoms with Crippen molar-refractivity contribution in [1.82, 2.24) is 35.5 Å². The van der Waals surface area contributed by atoms with Gasteiger partial charge in [0.05, 0.1) is 6.20 Å². The lowest BCUT2D eigenvalue weighted by Crippen LogP contribution is -2.40. The van der Waals surface area contributed by atoms with Crippen molar-refractivity contribution in [3.8, 4) is 23.2 Å². The van der Waals surface area contributed by atoms with Crippen LogP contribution in [0.4, 0.5) is 9.18 Å². The Kier molecular flexibility index (Phi) is 5.51. The summed E-state index contributed by atoms with van der Waals surface area (Å²) in [4.78, 5) is 19.9. The van der Waals surface area contributed by atoms with Crippen molar-refractivity contribution in [2.75, 3.05) is 13.1 Å². The molecule has 1 N–H and O–H groups in total. The number of hydrogen-bond acceptors (Lipinski definition) is 8. The maximum Gasteiger partial charge on any atom is 0.435 e. The van der Waals surface area contributed by atoms with E-state index in [4.69, 9.17) is 9.57 Å². The highest BCUT2D eigenvalue weighted by atomic mass is 19.1. The highest BCUT2D eigenvalue weighted by molar-refractivity contribution is 5.68. The summed E-state index contributed by atoms with van der Waals surface area (Å²) in [7, 11) is 0. The third-order valence-electron chi connectivity index (χ3n) is 4.62. The topological polar surface area (TPSA) is 135 Å². The summed E-state index contributed by atoms with van der Waals surface area (Å²) in [6.07, 6.45) is 3.67. The summed E-state index contributed by atoms with van der Waals surface area (Å²) < 4.78 is 19.8. The molecule has 154 valence electrons. The number of aromatic amines is 1. The van der Waals surface area contributed by atoms with E-state index in [-0.39, 0.29) is 23.9 Å². The molecule has 1 amide bonds. The van der Waals surface area contributed by atoms with E-state index < -0.39 is 11.9 Å². The lowest BCUT2D eigenvalue weighted by atomic mass is 10.1. The van der Waals surface area contributed by atoms with Gasteiger partial charge in [-0.15, -0.1) is 15.3 Å². The molecule has 12 heteroatoms. The number of H-pyrrole nitrogens is 1. The maximum atomic E-state index is 14.3. The lowest BCUT2D eigenvalue weighted by Gasteiger charge is -2.25. The van der Waals surface area contributed by atoms with Crippen LogP contribution in [0.25, 0.3) is 11.4 Å². The molecule has 3 aromatic rings. The van der Waals surface area contributed by atoms with Crippen LogP contribution in [0.3, 0.4) is 0 Å². The molecule has 0 bridgehead atoms. The minimum absolute atomic E-state index is 0.00387. The Bertz CT molecular complexity index is 1070. The molecular formula is C18H17FN8O3. The number of carbonyl (C=O) groups is 1. The second-order valence-electron chi connectivity index (χ2n) is 6.58. The third-order valence-corrected chi connectivity index (χ3v) is 4.62. The van der Waals surface area contributed by atoms with Crippen molar-refractivity contribution < 1.29 is 18.8 Å². The molecule has 0 unspecified atom stereocenters. The summed E-state index contributed by atoms with van der Waals surface area (Å²) in [5.74, 6) is -0.395. The van der Waals surface area contributed by atoms with Crippen LogP contribution in [0.2, 0.25) is 0 Å². The van der Waals surface area contributed by atoms with Gasteiger partial charge in [-0.1, -0.05) is 4.85 Å². The third kappa shape index (κ3) is 4.04. The van der Waals surface area contributed by atoms with E-state index in [2.05, 4.69) is 25.7 Å². The predicted octanol–water partition coefficient (Wildman–Crippen LogP) is 1.69. The van der Waals surface area contributed by atoms with Crippen LogP contribution < -0.4 is 9.57 Å². The Balaban J connectivity index is 1.43. The number of nitrogens with one attached hydrogen (secondary N) is 1. The molecule has 1 saturated heterocycles. The molecule has 3 heterocycles. The number of carbonyl (C=O) groups excluding carboxylic acids is 1. The highest BCUT2D eigenvalue weighted by Crippen LogP contribution is 2.24. The molecule has 11 nitrogen and oxygen atoms in total. The number of piperidine rings is 1. The normalized spacial score (nSPS) is 13.7. The number of halogens is 1. The fourth-order valence-corrected chi connectivity index (χ4v) is 3.06. The van der Waals surface area contributed by atoms with Crippen LogP contribution in [-0.2, 0) is 6.61 Å². The quantitative estimate of drug-likeness (QED) is 0.669. The van der Waals surface area contributed by atoms with Crippen molar-refractivity contribution >= 4 is 6.09 Å². The van der Waals surface area contributed by atoms with Crippen LogP contribution in [-0.4, -0.2) is 54.7 Å².